The van der Waals surface area contributed by atoms with Crippen molar-refractivity contribution in [1.29, 1.82) is 0 Å². The molecular formula is C24H24N4O3. The van der Waals surface area contributed by atoms with Gasteiger partial charge in [-0.25, -0.2) is 0 Å². The number of amides is 2. The van der Waals surface area contributed by atoms with E-state index in [2.05, 4.69) is 20.6 Å². The van der Waals surface area contributed by atoms with Gasteiger partial charge in [0.2, 0.25) is 5.91 Å². The number of rotatable bonds is 10. The van der Waals surface area contributed by atoms with E-state index < -0.39 is 0 Å². The van der Waals surface area contributed by atoms with Crippen LogP contribution in [0.1, 0.15) is 16.7 Å². The maximum absolute atomic E-state index is 12.0. The second-order valence-corrected chi connectivity index (χ2v) is 6.73. The van der Waals surface area contributed by atoms with E-state index in [-0.39, 0.29) is 18.4 Å². The Labute approximate surface area is 181 Å². The van der Waals surface area contributed by atoms with Crippen molar-refractivity contribution in [1.82, 2.24) is 20.6 Å². The predicted molar refractivity (Wildman–Crippen MR) is 118 cm³/mol. The third-order valence-electron chi connectivity index (χ3n) is 4.31. The molecule has 31 heavy (non-hydrogen) atoms. The number of aromatic nitrogens is 2. The first-order valence-corrected chi connectivity index (χ1v) is 9.92. The molecule has 2 aromatic heterocycles. The maximum atomic E-state index is 12.0. The first-order valence-electron chi connectivity index (χ1n) is 9.92. The second kappa shape index (κ2) is 11.9. The van der Waals surface area contributed by atoms with Crippen molar-refractivity contribution in [2.45, 2.75) is 13.0 Å². The molecule has 0 unspecified atom stereocenters. The van der Waals surface area contributed by atoms with E-state index in [1.165, 1.54) is 6.08 Å². The van der Waals surface area contributed by atoms with E-state index in [0.29, 0.717) is 25.3 Å². The quantitative estimate of drug-likeness (QED) is 0.496. The Hall–Kier alpha value is -4.00. The van der Waals surface area contributed by atoms with Crippen molar-refractivity contribution in [3.8, 4) is 5.75 Å². The minimum Gasteiger partial charge on any atom is -0.484 e. The third-order valence-corrected chi connectivity index (χ3v) is 4.31. The Morgan fingerprint density at radius 1 is 0.935 bits per heavy atom. The molecule has 2 N–H and O–H groups in total. The van der Waals surface area contributed by atoms with E-state index in [4.69, 9.17) is 4.74 Å². The number of nitrogens with one attached hydrogen (secondary N) is 2. The molecule has 0 bridgehead atoms. The van der Waals surface area contributed by atoms with Crippen LogP contribution in [0.2, 0.25) is 0 Å². The number of carbonyl (C=O) groups excluding carboxylic acids is 2. The van der Waals surface area contributed by atoms with Gasteiger partial charge in [-0.2, -0.15) is 0 Å². The highest BCUT2D eigenvalue weighted by Gasteiger charge is 2.04. The molecule has 158 valence electrons. The van der Waals surface area contributed by atoms with Gasteiger partial charge in [0.25, 0.3) is 5.91 Å². The SMILES string of the molecule is O=C(/C=C/c1cccnc1)NCCc1cccc(OCC(=O)NCc2cccnc2)c1. The van der Waals surface area contributed by atoms with Crippen LogP contribution in [0.25, 0.3) is 6.08 Å². The molecule has 3 aromatic rings. The van der Waals surface area contributed by atoms with Crippen LogP contribution in [0.4, 0.5) is 0 Å². The van der Waals surface area contributed by atoms with Crippen LogP contribution in [-0.4, -0.2) is 34.9 Å². The maximum Gasteiger partial charge on any atom is 0.258 e. The van der Waals surface area contributed by atoms with Gasteiger partial charge in [-0.05, 0) is 53.5 Å². The van der Waals surface area contributed by atoms with Gasteiger partial charge >= 0.3 is 0 Å². The second-order valence-electron chi connectivity index (χ2n) is 6.73. The summed E-state index contributed by atoms with van der Waals surface area (Å²) in [6, 6.07) is 14.9. The molecule has 2 amide bonds. The molecule has 0 saturated carbocycles. The summed E-state index contributed by atoms with van der Waals surface area (Å²) in [5.74, 6) is 0.236. The van der Waals surface area contributed by atoms with E-state index >= 15 is 0 Å². The van der Waals surface area contributed by atoms with Gasteiger partial charge in [0.1, 0.15) is 5.75 Å². The molecule has 1 aromatic carbocycles. The molecule has 0 aliphatic heterocycles. The number of hydrogen-bond donors (Lipinski definition) is 2. The van der Waals surface area contributed by atoms with Crippen LogP contribution in [-0.2, 0) is 22.6 Å². The minimum absolute atomic E-state index is 0.0699. The summed E-state index contributed by atoms with van der Waals surface area (Å²) in [4.78, 5) is 31.9. The highest BCUT2D eigenvalue weighted by atomic mass is 16.5. The van der Waals surface area contributed by atoms with Crippen LogP contribution >= 0.6 is 0 Å². The van der Waals surface area contributed by atoms with Gasteiger partial charge in [-0.15, -0.1) is 0 Å². The Kier molecular flexibility index (Phi) is 8.31. The molecule has 0 radical (unpaired) electrons. The molecule has 0 atom stereocenters. The van der Waals surface area contributed by atoms with Crippen LogP contribution in [0.15, 0.2) is 79.4 Å². The fraction of sp³-hybridized carbons (Fsp3) is 0.167. The number of pyridine rings is 2. The van der Waals surface area contributed by atoms with E-state index in [0.717, 1.165) is 16.7 Å². The molecule has 2 heterocycles. The summed E-state index contributed by atoms with van der Waals surface area (Å²) >= 11 is 0. The van der Waals surface area contributed by atoms with Gasteiger partial charge in [0.05, 0.1) is 0 Å². The lowest BCUT2D eigenvalue weighted by atomic mass is 10.1. The lowest BCUT2D eigenvalue weighted by Gasteiger charge is -2.09. The first-order chi connectivity index (χ1) is 15.2. The molecule has 3 rings (SSSR count). The lowest BCUT2D eigenvalue weighted by molar-refractivity contribution is -0.123. The molecule has 0 aliphatic rings. The summed E-state index contributed by atoms with van der Waals surface area (Å²) < 4.78 is 5.58. The third kappa shape index (κ3) is 8.10. The highest BCUT2D eigenvalue weighted by Crippen LogP contribution is 2.13. The minimum atomic E-state index is -0.207. The summed E-state index contributed by atoms with van der Waals surface area (Å²) in [7, 11) is 0. The van der Waals surface area contributed by atoms with Crippen LogP contribution in [0.5, 0.6) is 5.75 Å². The molecule has 7 heteroatoms. The number of ether oxygens (including phenoxy) is 1. The van der Waals surface area contributed by atoms with Crippen LogP contribution in [0, 0.1) is 0 Å². The summed E-state index contributed by atoms with van der Waals surface area (Å²) in [5.41, 5.74) is 2.80. The predicted octanol–water partition coefficient (Wildman–Crippen LogP) is 2.54. The van der Waals surface area contributed by atoms with Crippen molar-refractivity contribution in [3.05, 3.63) is 96.1 Å². The van der Waals surface area contributed by atoms with Crippen molar-refractivity contribution >= 4 is 17.9 Å². The number of benzene rings is 1. The lowest BCUT2D eigenvalue weighted by Crippen LogP contribution is -2.28. The Morgan fingerprint density at radius 2 is 1.74 bits per heavy atom. The fourth-order valence-corrected chi connectivity index (χ4v) is 2.73. The van der Waals surface area contributed by atoms with Crippen LogP contribution < -0.4 is 15.4 Å². The first kappa shape index (κ1) is 21.7. The standard InChI is InChI=1S/C24H24N4O3/c29-23(9-8-20-5-2-11-25-15-20)27-13-10-19-4-1-7-22(14-19)31-18-24(30)28-17-21-6-3-12-26-16-21/h1-9,11-12,14-16H,10,13,17-18H2,(H,27,29)(H,28,30)/b9-8+. The molecule has 0 saturated heterocycles. The summed E-state index contributed by atoms with van der Waals surface area (Å²) in [5, 5.41) is 5.64. The van der Waals surface area contributed by atoms with Gasteiger partial charge in [0.15, 0.2) is 6.61 Å². The average molecular weight is 416 g/mol. The van der Waals surface area contributed by atoms with Gasteiger partial charge in [0, 0.05) is 44.0 Å². The van der Waals surface area contributed by atoms with Crippen LogP contribution in [0.3, 0.4) is 0 Å². The average Bonchev–Trinajstić information content (AvgIpc) is 2.82. The molecule has 7 nitrogen and oxygen atoms in total. The normalized spacial score (nSPS) is 10.6. The monoisotopic (exact) mass is 416 g/mol. The van der Waals surface area contributed by atoms with Crippen molar-refractivity contribution in [3.63, 3.8) is 0 Å². The largest absolute Gasteiger partial charge is 0.484 e. The molecule has 0 spiro atoms. The zero-order valence-electron chi connectivity index (χ0n) is 17.0. The van der Waals surface area contributed by atoms with Gasteiger partial charge < -0.3 is 15.4 Å². The molecular weight excluding hydrogens is 392 g/mol. The Bertz CT molecular complexity index is 1010. The molecule has 0 fully saturated rings. The summed E-state index contributed by atoms with van der Waals surface area (Å²) in [6.07, 6.45) is 10.6. The summed E-state index contributed by atoms with van der Waals surface area (Å²) in [6.45, 7) is 0.829. The smallest absolute Gasteiger partial charge is 0.258 e. The zero-order chi connectivity index (χ0) is 21.7. The van der Waals surface area contributed by atoms with E-state index in [1.54, 1.807) is 36.9 Å². The Balaban J connectivity index is 1.38. The van der Waals surface area contributed by atoms with E-state index in [9.17, 15) is 9.59 Å². The topological polar surface area (TPSA) is 93.2 Å². The number of nitrogens with zero attached hydrogens (tertiary/aromatic N) is 2. The van der Waals surface area contributed by atoms with Crippen molar-refractivity contribution < 1.29 is 14.3 Å². The Morgan fingerprint density at radius 3 is 2.52 bits per heavy atom. The van der Waals surface area contributed by atoms with Gasteiger partial charge in [-0.1, -0.05) is 24.3 Å². The van der Waals surface area contributed by atoms with Gasteiger partial charge in [-0.3, -0.25) is 19.6 Å². The van der Waals surface area contributed by atoms with Crippen molar-refractivity contribution in [2.24, 2.45) is 0 Å². The molecule has 0 aliphatic carbocycles. The highest BCUT2D eigenvalue weighted by molar-refractivity contribution is 5.91. The van der Waals surface area contributed by atoms with Crippen molar-refractivity contribution in [2.75, 3.05) is 13.2 Å². The zero-order valence-corrected chi connectivity index (χ0v) is 17.0. The van der Waals surface area contributed by atoms with E-state index in [1.807, 2.05) is 42.5 Å². The fourth-order valence-electron chi connectivity index (χ4n) is 2.73. The number of hydrogen-bond acceptors (Lipinski definition) is 5. The number of carbonyl (C=O) groups is 2.